The van der Waals surface area contributed by atoms with Crippen molar-refractivity contribution >= 4 is 0 Å². The predicted octanol–water partition coefficient (Wildman–Crippen LogP) is 5.47. The van der Waals surface area contributed by atoms with Crippen molar-refractivity contribution in [1.29, 1.82) is 0 Å². The first-order valence-corrected chi connectivity index (χ1v) is 13.2. The van der Waals surface area contributed by atoms with E-state index in [0.717, 1.165) is 61.8 Å². The molecule has 4 heterocycles. The highest BCUT2D eigenvalue weighted by atomic mass is 15.1. The molecule has 2 aliphatic heterocycles. The quantitative estimate of drug-likeness (QED) is 0.323. The molecule has 0 amide bonds. The van der Waals surface area contributed by atoms with Gasteiger partial charge in [-0.15, -0.1) is 0 Å². The molecule has 6 nitrogen and oxygen atoms in total. The summed E-state index contributed by atoms with van der Waals surface area (Å²) < 4.78 is 0. The molecule has 1 aliphatic carbocycles. The molecule has 0 radical (unpaired) electrons. The largest absolute Gasteiger partial charge is 0.344 e. The Kier molecular flexibility index (Phi) is 5.29. The van der Waals surface area contributed by atoms with E-state index in [0.29, 0.717) is 12.1 Å². The Hall–Kier alpha value is -3.22. The van der Waals surface area contributed by atoms with E-state index in [1.54, 1.807) is 0 Å². The second-order valence-electron chi connectivity index (χ2n) is 10.2. The highest BCUT2D eigenvalue weighted by Gasteiger charge is 2.25. The molecule has 0 saturated carbocycles. The van der Waals surface area contributed by atoms with E-state index in [1.165, 1.54) is 52.8 Å². The number of nitrogens with one attached hydrogen (secondary N) is 4. The lowest BCUT2D eigenvalue weighted by atomic mass is 9.95. The summed E-state index contributed by atoms with van der Waals surface area (Å²) in [5, 5.41) is 7.10. The molecule has 0 spiro atoms. The first-order chi connectivity index (χ1) is 17.3. The minimum atomic E-state index is 0.364. The SMILES string of the molecule is c1cc(-c2cnc([C@@H]3CCCN3)[nH]2)ccc1-c1ccc2c(c1)CCCc1[nH]c(C3CCCN3)nc1-2. The van der Waals surface area contributed by atoms with Gasteiger partial charge >= 0.3 is 0 Å². The van der Waals surface area contributed by atoms with Crippen molar-refractivity contribution < 1.29 is 0 Å². The van der Waals surface area contributed by atoms with E-state index in [1.807, 2.05) is 6.20 Å². The Balaban J connectivity index is 1.15. The van der Waals surface area contributed by atoms with Crippen LogP contribution in [0.4, 0.5) is 0 Å². The van der Waals surface area contributed by atoms with Crippen LogP contribution < -0.4 is 10.6 Å². The van der Waals surface area contributed by atoms with E-state index in [2.05, 4.69) is 68.1 Å². The van der Waals surface area contributed by atoms with Gasteiger partial charge in [0.15, 0.2) is 0 Å². The second-order valence-corrected chi connectivity index (χ2v) is 10.2. The second kappa shape index (κ2) is 8.77. The van der Waals surface area contributed by atoms with Crippen molar-refractivity contribution in [2.45, 2.75) is 57.0 Å². The lowest BCUT2D eigenvalue weighted by Gasteiger charge is -2.10. The van der Waals surface area contributed by atoms with Gasteiger partial charge in [0, 0.05) is 11.3 Å². The van der Waals surface area contributed by atoms with Crippen LogP contribution in [0.15, 0.2) is 48.7 Å². The number of hydrogen-bond acceptors (Lipinski definition) is 4. The predicted molar refractivity (Wildman–Crippen MR) is 139 cm³/mol. The number of H-pyrrole nitrogens is 2. The number of aryl methyl sites for hydroxylation is 2. The fourth-order valence-electron chi connectivity index (χ4n) is 6.00. The zero-order valence-electron chi connectivity index (χ0n) is 20.0. The fourth-order valence-corrected chi connectivity index (χ4v) is 6.00. The summed E-state index contributed by atoms with van der Waals surface area (Å²) in [6.07, 6.45) is 10.0. The molecule has 6 heteroatoms. The smallest absolute Gasteiger partial charge is 0.124 e. The molecule has 2 fully saturated rings. The van der Waals surface area contributed by atoms with Crippen molar-refractivity contribution in [2.75, 3.05) is 13.1 Å². The minimum Gasteiger partial charge on any atom is -0.344 e. The average Bonchev–Trinajstić information content (AvgIpc) is 3.70. The third kappa shape index (κ3) is 3.91. The molecule has 2 aromatic carbocycles. The Labute approximate surface area is 206 Å². The van der Waals surface area contributed by atoms with Crippen LogP contribution in [-0.2, 0) is 12.8 Å². The Bertz CT molecular complexity index is 1340. The standard InChI is InChI=1S/C29H32N6/c1-4-21-16-20(12-13-22(21)27-23(5-1)33-29(35-27)25-7-3-15-31-25)18-8-10-19(11-9-18)26-17-32-28(34-26)24-6-2-14-30-24/h8-13,16-17,24-25,30-31H,1-7,14-15H2,(H,32,34)(H,33,35)/t24-,25?/m0/s1. The van der Waals surface area contributed by atoms with Crippen LogP contribution in [0.3, 0.4) is 0 Å². The third-order valence-electron chi connectivity index (χ3n) is 7.94. The van der Waals surface area contributed by atoms with E-state index < -0.39 is 0 Å². The molecule has 2 saturated heterocycles. The zero-order valence-corrected chi connectivity index (χ0v) is 20.0. The lowest BCUT2D eigenvalue weighted by molar-refractivity contribution is 0.610. The molecular weight excluding hydrogens is 432 g/mol. The van der Waals surface area contributed by atoms with Gasteiger partial charge in [-0.05, 0) is 80.3 Å². The number of nitrogens with zero attached hydrogens (tertiary/aromatic N) is 2. The molecule has 2 atom stereocenters. The first-order valence-electron chi connectivity index (χ1n) is 13.2. The van der Waals surface area contributed by atoms with Crippen molar-refractivity contribution in [3.63, 3.8) is 0 Å². The molecule has 3 aliphatic rings. The summed E-state index contributed by atoms with van der Waals surface area (Å²) in [5.74, 6) is 2.17. The van der Waals surface area contributed by atoms with Gasteiger partial charge in [-0.3, -0.25) is 0 Å². The Morgan fingerprint density at radius 2 is 1.46 bits per heavy atom. The summed E-state index contributed by atoms with van der Waals surface area (Å²) >= 11 is 0. The highest BCUT2D eigenvalue weighted by Crippen LogP contribution is 2.36. The number of aromatic nitrogens is 4. The van der Waals surface area contributed by atoms with Crippen molar-refractivity contribution in [3.05, 3.63) is 71.6 Å². The molecule has 35 heavy (non-hydrogen) atoms. The minimum absolute atomic E-state index is 0.364. The molecule has 7 rings (SSSR count). The number of imidazole rings is 2. The monoisotopic (exact) mass is 464 g/mol. The molecule has 4 aromatic rings. The Morgan fingerprint density at radius 3 is 2.23 bits per heavy atom. The van der Waals surface area contributed by atoms with Crippen LogP contribution >= 0.6 is 0 Å². The number of aromatic amines is 2. The van der Waals surface area contributed by atoms with Crippen molar-refractivity contribution in [3.8, 4) is 33.6 Å². The van der Waals surface area contributed by atoms with Crippen LogP contribution in [0.2, 0.25) is 0 Å². The van der Waals surface area contributed by atoms with Gasteiger partial charge in [-0.25, -0.2) is 9.97 Å². The van der Waals surface area contributed by atoms with Crippen LogP contribution in [-0.4, -0.2) is 33.0 Å². The molecular formula is C29H32N6. The Morgan fingerprint density at radius 1 is 0.714 bits per heavy atom. The fraction of sp³-hybridized carbons (Fsp3) is 0.379. The van der Waals surface area contributed by atoms with Gasteiger partial charge in [-0.2, -0.15) is 0 Å². The average molecular weight is 465 g/mol. The van der Waals surface area contributed by atoms with Gasteiger partial charge in [0.2, 0.25) is 0 Å². The van der Waals surface area contributed by atoms with Crippen LogP contribution in [0.25, 0.3) is 33.6 Å². The van der Waals surface area contributed by atoms with Gasteiger partial charge in [0.1, 0.15) is 11.6 Å². The van der Waals surface area contributed by atoms with Gasteiger partial charge in [0.25, 0.3) is 0 Å². The summed E-state index contributed by atoms with van der Waals surface area (Å²) in [7, 11) is 0. The summed E-state index contributed by atoms with van der Waals surface area (Å²) in [6.45, 7) is 2.17. The third-order valence-corrected chi connectivity index (χ3v) is 7.94. The highest BCUT2D eigenvalue weighted by molar-refractivity contribution is 5.75. The lowest BCUT2D eigenvalue weighted by Crippen LogP contribution is -2.14. The molecule has 4 N–H and O–H groups in total. The van der Waals surface area contributed by atoms with E-state index in [-0.39, 0.29) is 0 Å². The molecule has 2 aromatic heterocycles. The van der Waals surface area contributed by atoms with Gasteiger partial charge in [0.05, 0.1) is 29.7 Å². The maximum atomic E-state index is 5.08. The summed E-state index contributed by atoms with van der Waals surface area (Å²) in [6, 6.07) is 16.5. The first kappa shape index (κ1) is 21.1. The van der Waals surface area contributed by atoms with Crippen LogP contribution in [0.5, 0.6) is 0 Å². The van der Waals surface area contributed by atoms with Crippen LogP contribution in [0.1, 0.15) is 67.1 Å². The van der Waals surface area contributed by atoms with Crippen molar-refractivity contribution in [2.24, 2.45) is 0 Å². The maximum Gasteiger partial charge on any atom is 0.124 e. The van der Waals surface area contributed by atoms with E-state index >= 15 is 0 Å². The van der Waals surface area contributed by atoms with Crippen LogP contribution in [0, 0.1) is 0 Å². The topological polar surface area (TPSA) is 81.4 Å². The number of rotatable bonds is 4. The normalized spacial score (nSPS) is 21.6. The summed E-state index contributed by atoms with van der Waals surface area (Å²) in [5.41, 5.74) is 9.94. The molecule has 0 bridgehead atoms. The number of benzene rings is 2. The number of fused-ring (bicyclic) bond motifs is 3. The van der Waals surface area contributed by atoms with Gasteiger partial charge in [-0.1, -0.05) is 42.5 Å². The molecule has 178 valence electrons. The maximum absolute atomic E-state index is 5.08. The zero-order chi connectivity index (χ0) is 23.2. The van der Waals surface area contributed by atoms with Gasteiger partial charge < -0.3 is 20.6 Å². The van der Waals surface area contributed by atoms with Crippen molar-refractivity contribution in [1.82, 2.24) is 30.6 Å². The summed E-state index contributed by atoms with van der Waals surface area (Å²) in [4.78, 5) is 16.9. The molecule has 1 unspecified atom stereocenters. The van der Waals surface area contributed by atoms with E-state index in [9.17, 15) is 0 Å². The van der Waals surface area contributed by atoms with E-state index in [4.69, 9.17) is 4.98 Å². The number of hydrogen-bond donors (Lipinski definition) is 4.